The van der Waals surface area contributed by atoms with Gasteiger partial charge < -0.3 is 19.7 Å². The monoisotopic (exact) mass is 590 g/mol. The van der Waals surface area contributed by atoms with Gasteiger partial charge in [-0.05, 0) is 85.9 Å². The maximum atomic E-state index is 13.2. The number of esters is 2. The second-order valence-electron chi connectivity index (χ2n) is 15.3. The van der Waals surface area contributed by atoms with Crippen molar-refractivity contribution in [2.75, 3.05) is 0 Å². The Hall–Kier alpha value is -1.96. The number of Topliss-reactive ketones (excluding diaryl/α,β-unsaturated/α-hetero) is 1. The van der Waals surface area contributed by atoms with E-state index in [1.54, 1.807) is 6.92 Å². The molecule has 0 heterocycles. The van der Waals surface area contributed by atoms with E-state index in [1.807, 2.05) is 6.92 Å². The van der Waals surface area contributed by atoms with Crippen LogP contribution >= 0.6 is 0 Å². The van der Waals surface area contributed by atoms with Crippen LogP contribution < -0.4 is 0 Å². The smallest absolute Gasteiger partial charge is 0.308 e. The fourth-order valence-corrected chi connectivity index (χ4v) is 11.2. The lowest BCUT2D eigenvalue weighted by Crippen LogP contribution is -2.70. The summed E-state index contributed by atoms with van der Waals surface area (Å²) in [5, 5.41) is 20.9. The summed E-state index contributed by atoms with van der Waals surface area (Å²) in [4.78, 5) is 52.0. The third-order valence-electron chi connectivity index (χ3n) is 13.3. The van der Waals surface area contributed by atoms with Gasteiger partial charge in [-0.3, -0.25) is 19.2 Å². The maximum Gasteiger partial charge on any atom is 0.308 e. The molecule has 8 nitrogen and oxygen atoms in total. The molecule has 0 amide bonds. The van der Waals surface area contributed by atoms with Gasteiger partial charge in [0.25, 0.3) is 0 Å². The van der Waals surface area contributed by atoms with Gasteiger partial charge in [-0.1, -0.05) is 54.4 Å². The highest BCUT2D eigenvalue weighted by molar-refractivity contribution is 5.86. The van der Waals surface area contributed by atoms with Crippen LogP contribution in [0.15, 0.2) is 0 Å². The Morgan fingerprint density at radius 2 is 1.52 bits per heavy atom. The second kappa shape index (κ2) is 11.5. The van der Waals surface area contributed by atoms with E-state index < -0.39 is 53.5 Å². The molecular weight excluding hydrogens is 536 g/mol. The number of rotatable bonds is 8. The fourth-order valence-electron chi connectivity index (χ4n) is 11.2. The van der Waals surface area contributed by atoms with Crippen molar-refractivity contribution in [3.63, 3.8) is 0 Å². The van der Waals surface area contributed by atoms with Crippen LogP contribution in [-0.4, -0.2) is 52.2 Å². The number of aliphatic carboxylic acids is 1. The Labute approximate surface area is 251 Å². The topological polar surface area (TPSA) is 127 Å². The summed E-state index contributed by atoms with van der Waals surface area (Å²) in [6, 6.07) is 0. The summed E-state index contributed by atoms with van der Waals surface area (Å²) >= 11 is 0. The van der Waals surface area contributed by atoms with E-state index in [-0.39, 0.29) is 40.3 Å². The van der Waals surface area contributed by atoms with E-state index in [0.29, 0.717) is 25.2 Å². The summed E-state index contributed by atoms with van der Waals surface area (Å²) in [5.41, 5.74) is -1.12. The molecule has 2 N–H and O–H groups in total. The summed E-state index contributed by atoms with van der Waals surface area (Å²) in [6.45, 7) is 15.8. The molecular formula is C34H54O8. The zero-order valence-electron chi connectivity index (χ0n) is 27.0. The minimum absolute atomic E-state index is 0.0106. The molecule has 4 rings (SSSR count). The number of carboxylic acids is 1. The van der Waals surface area contributed by atoms with Gasteiger partial charge in [0.1, 0.15) is 18.0 Å². The minimum Gasteiger partial charge on any atom is -0.481 e. The zero-order valence-corrected chi connectivity index (χ0v) is 27.0. The number of fused-ring (bicyclic) bond motifs is 5. The van der Waals surface area contributed by atoms with Gasteiger partial charge in [0.15, 0.2) is 0 Å². The van der Waals surface area contributed by atoms with E-state index in [9.17, 15) is 29.4 Å². The van der Waals surface area contributed by atoms with Crippen molar-refractivity contribution in [1.29, 1.82) is 0 Å². The molecule has 4 aliphatic rings. The van der Waals surface area contributed by atoms with Crippen molar-refractivity contribution in [3.05, 3.63) is 0 Å². The van der Waals surface area contributed by atoms with Crippen molar-refractivity contribution >= 4 is 23.7 Å². The van der Waals surface area contributed by atoms with Gasteiger partial charge >= 0.3 is 17.9 Å². The molecule has 0 aromatic carbocycles. The molecule has 4 fully saturated rings. The quantitative estimate of drug-likeness (QED) is 0.331. The number of aliphatic hydroxyl groups excluding tert-OH is 1. The lowest BCUT2D eigenvalue weighted by atomic mass is 9.33. The number of ketones is 1. The Balaban J connectivity index is 1.86. The Morgan fingerprint density at radius 3 is 2.07 bits per heavy atom. The molecule has 0 saturated heterocycles. The van der Waals surface area contributed by atoms with Gasteiger partial charge in [-0.25, -0.2) is 0 Å². The molecule has 0 aromatic heterocycles. The molecule has 12 atom stereocenters. The molecule has 0 unspecified atom stereocenters. The molecule has 238 valence electrons. The first-order chi connectivity index (χ1) is 19.5. The second-order valence-corrected chi connectivity index (χ2v) is 15.3. The summed E-state index contributed by atoms with van der Waals surface area (Å²) in [6.07, 6.45) is 5.07. The van der Waals surface area contributed by atoms with Crippen LogP contribution in [0.4, 0.5) is 0 Å². The molecule has 0 bridgehead atoms. The van der Waals surface area contributed by atoms with E-state index in [2.05, 4.69) is 27.7 Å². The highest BCUT2D eigenvalue weighted by Crippen LogP contribution is 2.74. The molecule has 42 heavy (non-hydrogen) atoms. The highest BCUT2D eigenvalue weighted by Gasteiger charge is 2.72. The molecule has 4 aliphatic carbocycles. The predicted molar refractivity (Wildman–Crippen MR) is 157 cm³/mol. The Kier molecular flexibility index (Phi) is 9.03. The first kappa shape index (κ1) is 32.9. The molecule has 0 aromatic rings. The maximum absolute atomic E-state index is 13.2. The number of ether oxygens (including phenoxy) is 2. The van der Waals surface area contributed by atoms with E-state index in [4.69, 9.17) is 9.47 Å². The lowest BCUT2D eigenvalue weighted by Gasteiger charge is -2.71. The van der Waals surface area contributed by atoms with E-state index in [1.165, 1.54) is 20.3 Å². The van der Waals surface area contributed by atoms with Crippen LogP contribution in [0.2, 0.25) is 0 Å². The molecule has 4 saturated carbocycles. The van der Waals surface area contributed by atoms with Crippen LogP contribution in [0.3, 0.4) is 0 Å². The number of carbonyl (C=O) groups excluding carboxylic acids is 3. The Morgan fingerprint density at radius 1 is 0.881 bits per heavy atom. The summed E-state index contributed by atoms with van der Waals surface area (Å²) in [7, 11) is 0. The fraction of sp³-hybridized carbons (Fsp3) is 0.882. The van der Waals surface area contributed by atoms with E-state index in [0.717, 1.165) is 32.1 Å². The van der Waals surface area contributed by atoms with Gasteiger partial charge in [0.2, 0.25) is 0 Å². The summed E-state index contributed by atoms with van der Waals surface area (Å²) in [5.74, 6) is -4.39. The number of hydrogen-bond acceptors (Lipinski definition) is 7. The minimum atomic E-state index is -1.19. The average molecular weight is 591 g/mol. The number of carboxylic acid groups (broad SMARTS) is 1. The molecule has 8 heteroatoms. The third kappa shape index (κ3) is 5.11. The van der Waals surface area contributed by atoms with Crippen molar-refractivity contribution in [1.82, 2.24) is 0 Å². The normalized spacial score (nSPS) is 45.4. The van der Waals surface area contributed by atoms with Crippen molar-refractivity contribution in [2.24, 2.45) is 51.2 Å². The van der Waals surface area contributed by atoms with Gasteiger partial charge in [-0.15, -0.1) is 0 Å². The predicted octanol–water partition coefficient (Wildman–Crippen LogP) is 5.97. The number of aliphatic hydroxyl groups is 1. The first-order valence-corrected chi connectivity index (χ1v) is 16.3. The van der Waals surface area contributed by atoms with Gasteiger partial charge in [0.05, 0.1) is 24.4 Å². The summed E-state index contributed by atoms with van der Waals surface area (Å²) < 4.78 is 12.0. The number of hydrogen-bond donors (Lipinski definition) is 2. The molecule has 0 radical (unpaired) electrons. The van der Waals surface area contributed by atoms with Crippen molar-refractivity contribution in [3.8, 4) is 0 Å². The lowest BCUT2D eigenvalue weighted by molar-refractivity contribution is -0.268. The highest BCUT2D eigenvalue weighted by atomic mass is 16.6. The van der Waals surface area contributed by atoms with Crippen LogP contribution in [0, 0.1) is 51.2 Å². The molecule has 0 aliphatic heterocycles. The third-order valence-corrected chi connectivity index (χ3v) is 13.3. The van der Waals surface area contributed by atoms with Gasteiger partial charge in [-0.2, -0.15) is 0 Å². The van der Waals surface area contributed by atoms with Crippen LogP contribution in [0.1, 0.15) is 120 Å². The van der Waals surface area contributed by atoms with Gasteiger partial charge in [0, 0.05) is 12.3 Å². The SMILES string of the molecule is CC[C@H](O)CC(=O)O[C@@H]1C[C@H]2[C@]3(C)CC[C@H]4[C@@](C)(CC)CCC[C@]4(C)[C@H]3C[C@H](OC(C)=O)[C@]2(C)[C@@H](C(=O)O)[C@@H]1C(C)=O. The van der Waals surface area contributed by atoms with Crippen molar-refractivity contribution in [2.45, 2.75) is 138 Å². The van der Waals surface area contributed by atoms with Crippen LogP contribution in [0.5, 0.6) is 0 Å². The first-order valence-electron chi connectivity index (χ1n) is 16.3. The number of carbonyl (C=O) groups is 4. The Bertz CT molecular complexity index is 1090. The van der Waals surface area contributed by atoms with Crippen LogP contribution in [0.25, 0.3) is 0 Å². The molecule has 0 spiro atoms. The van der Waals surface area contributed by atoms with E-state index >= 15 is 0 Å². The largest absolute Gasteiger partial charge is 0.481 e. The standard InChI is InChI=1S/C34H54O8/c1-9-21(37)16-27(38)42-22-17-25-33(7)15-12-23-31(5,10-2)13-11-14-32(23,6)24(33)18-26(41-20(4)36)34(25,8)29(30(39)40)28(22)19(3)35/h21-26,28-29,37H,9-18H2,1-8H3,(H,39,40)/t21-,22+,23-,24+,25-,26-,28+,29+,31-,32-,33+,34+/m0/s1. The van der Waals surface area contributed by atoms with Crippen molar-refractivity contribution < 1.29 is 38.9 Å². The van der Waals surface area contributed by atoms with Crippen LogP contribution in [-0.2, 0) is 28.7 Å². The average Bonchev–Trinajstić information content (AvgIpc) is 2.89. The zero-order chi connectivity index (χ0) is 31.4.